The molecule has 0 unspecified atom stereocenters. The summed E-state index contributed by atoms with van der Waals surface area (Å²) < 4.78 is 79.2. The summed E-state index contributed by atoms with van der Waals surface area (Å²) in [6, 6.07) is 30.9. The molecule has 0 saturated carbocycles. The second-order valence-electron chi connectivity index (χ2n) is 14.4. The number of rotatable bonds is 11. The molecule has 14 heteroatoms. The summed E-state index contributed by atoms with van der Waals surface area (Å²) in [6.45, 7) is 0. The van der Waals surface area contributed by atoms with E-state index < -0.39 is 23.5 Å². The van der Waals surface area contributed by atoms with E-state index in [9.17, 15) is 35.9 Å². The van der Waals surface area contributed by atoms with Gasteiger partial charge >= 0.3 is 12.4 Å². The van der Waals surface area contributed by atoms with E-state index in [0.29, 0.717) is 58.5 Å². The van der Waals surface area contributed by atoms with Crippen molar-refractivity contribution in [1.82, 2.24) is 19.9 Å². The van der Waals surface area contributed by atoms with E-state index in [4.69, 9.17) is 0 Å². The quantitative estimate of drug-likeness (QED) is 0.112. The average Bonchev–Trinajstić information content (AvgIpc) is 3.73. The Morgan fingerprint density at radius 3 is 1.92 bits per heavy atom. The Bertz CT molecular complexity index is 2810. The first kappa shape index (κ1) is 42.8. The summed E-state index contributed by atoms with van der Waals surface area (Å²) in [6.07, 6.45) is 2.19. The SMILES string of the molecule is O=C(CCc1ccc(C(F)(F)F)cc1-c1cccnc1)Nc1ccc2cccnc2c1.O=C(CCc1ccc(C(F)(F)F)cc1Cc1cccnc1)Nc1ccc2[nH]ccc2c1. The fourth-order valence-electron chi connectivity index (χ4n) is 6.91. The van der Waals surface area contributed by atoms with E-state index in [2.05, 4.69) is 30.6 Å². The molecule has 4 aromatic carbocycles. The van der Waals surface area contributed by atoms with Crippen molar-refractivity contribution in [2.75, 3.05) is 10.6 Å². The summed E-state index contributed by atoms with van der Waals surface area (Å²) in [7, 11) is 0. The number of hydrogen-bond acceptors (Lipinski definition) is 5. The highest BCUT2D eigenvalue weighted by Gasteiger charge is 2.32. The molecule has 0 bridgehead atoms. The molecule has 4 heterocycles. The highest BCUT2D eigenvalue weighted by atomic mass is 19.4. The lowest BCUT2D eigenvalue weighted by molar-refractivity contribution is -0.138. The topological polar surface area (TPSA) is 113 Å². The lowest BCUT2D eigenvalue weighted by atomic mass is 9.95. The third-order valence-electron chi connectivity index (χ3n) is 10.0. The summed E-state index contributed by atoms with van der Waals surface area (Å²) >= 11 is 0. The monoisotopic (exact) mass is 844 g/mol. The molecule has 8 nitrogen and oxygen atoms in total. The molecule has 0 aliphatic heterocycles. The maximum atomic E-state index is 13.2. The molecule has 0 aliphatic carbocycles. The van der Waals surface area contributed by atoms with Crippen molar-refractivity contribution in [2.24, 2.45) is 0 Å². The van der Waals surface area contributed by atoms with Gasteiger partial charge in [-0.3, -0.25) is 24.5 Å². The van der Waals surface area contributed by atoms with Gasteiger partial charge in [-0.2, -0.15) is 26.3 Å². The van der Waals surface area contributed by atoms with Crippen molar-refractivity contribution in [3.63, 3.8) is 0 Å². The van der Waals surface area contributed by atoms with Crippen LogP contribution >= 0.6 is 0 Å². The van der Waals surface area contributed by atoms with Crippen LogP contribution in [0.15, 0.2) is 152 Å². The predicted molar refractivity (Wildman–Crippen MR) is 227 cm³/mol. The number of hydrogen-bond donors (Lipinski definition) is 3. The first-order valence-corrected chi connectivity index (χ1v) is 19.5. The zero-order valence-electron chi connectivity index (χ0n) is 32.9. The van der Waals surface area contributed by atoms with Crippen molar-refractivity contribution in [1.29, 1.82) is 0 Å². The fourth-order valence-corrected chi connectivity index (χ4v) is 6.91. The van der Waals surface area contributed by atoms with Crippen molar-refractivity contribution in [2.45, 2.75) is 44.5 Å². The van der Waals surface area contributed by atoms with Crippen molar-refractivity contribution < 1.29 is 35.9 Å². The number of H-pyrrole nitrogens is 1. The Balaban J connectivity index is 0.000000186. The van der Waals surface area contributed by atoms with E-state index in [1.807, 2.05) is 54.7 Å². The molecule has 0 fully saturated rings. The molecule has 0 atom stereocenters. The van der Waals surface area contributed by atoms with Gasteiger partial charge in [-0.25, -0.2) is 0 Å². The largest absolute Gasteiger partial charge is 0.416 e. The molecule has 8 rings (SSSR count). The van der Waals surface area contributed by atoms with Gasteiger partial charge in [-0.05, 0) is 126 Å². The Morgan fingerprint density at radius 1 is 0.581 bits per heavy atom. The van der Waals surface area contributed by atoms with Crippen molar-refractivity contribution in [3.05, 3.63) is 186 Å². The number of carbonyl (C=O) groups is 2. The molecular weight excluding hydrogens is 807 g/mol. The maximum absolute atomic E-state index is 13.2. The van der Waals surface area contributed by atoms with Crippen LogP contribution in [-0.4, -0.2) is 31.8 Å². The molecule has 62 heavy (non-hydrogen) atoms. The number of amides is 2. The van der Waals surface area contributed by atoms with Crippen molar-refractivity contribution in [3.8, 4) is 11.1 Å². The van der Waals surface area contributed by atoms with Gasteiger partial charge in [0.15, 0.2) is 0 Å². The minimum Gasteiger partial charge on any atom is -0.361 e. The van der Waals surface area contributed by atoms with Gasteiger partial charge in [0.25, 0.3) is 0 Å². The Labute approximate surface area is 352 Å². The van der Waals surface area contributed by atoms with Gasteiger partial charge in [0.1, 0.15) is 0 Å². The van der Waals surface area contributed by atoms with Gasteiger partial charge < -0.3 is 15.6 Å². The first-order chi connectivity index (χ1) is 29.8. The van der Waals surface area contributed by atoms with E-state index in [0.717, 1.165) is 45.6 Å². The average molecular weight is 845 g/mol. The highest BCUT2D eigenvalue weighted by molar-refractivity contribution is 5.94. The molecule has 0 saturated heterocycles. The van der Waals surface area contributed by atoms with Crippen molar-refractivity contribution >= 4 is 45.0 Å². The van der Waals surface area contributed by atoms with Gasteiger partial charge in [0, 0.05) is 83.3 Å². The van der Waals surface area contributed by atoms with Crippen LogP contribution in [0.4, 0.5) is 37.7 Å². The number of nitrogens with one attached hydrogen (secondary N) is 3. The molecule has 314 valence electrons. The molecule has 4 aromatic heterocycles. The van der Waals surface area contributed by atoms with Crippen LogP contribution in [0.2, 0.25) is 0 Å². The Hall–Kier alpha value is -7.35. The van der Waals surface area contributed by atoms with Gasteiger partial charge in [-0.15, -0.1) is 0 Å². The second-order valence-corrected chi connectivity index (χ2v) is 14.4. The lowest BCUT2D eigenvalue weighted by Gasteiger charge is -2.14. The number of nitrogens with zero attached hydrogens (tertiary/aromatic N) is 3. The third kappa shape index (κ3) is 11.3. The zero-order chi connectivity index (χ0) is 43.7. The van der Waals surface area contributed by atoms with Gasteiger partial charge in [0.05, 0.1) is 16.6 Å². The number of halogens is 6. The summed E-state index contributed by atoms with van der Waals surface area (Å²) in [4.78, 5) is 40.3. The number of carbonyl (C=O) groups excluding carboxylic acids is 2. The fraction of sp³-hybridized carbons (Fsp3) is 0.146. The van der Waals surface area contributed by atoms with Crippen LogP contribution < -0.4 is 10.6 Å². The Kier molecular flexibility index (Phi) is 13.1. The molecule has 3 N–H and O–H groups in total. The van der Waals surface area contributed by atoms with Crippen LogP contribution in [0.25, 0.3) is 32.9 Å². The number of aromatic nitrogens is 4. The number of alkyl halides is 6. The number of pyridine rings is 3. The number of aryl methyl sites for hydroxylation is 2. The summed E-state index contributed by atoms with van der Waals surface area (Å²) in [5.74, 6) is -0.422. The lowest BCUT2D eigenvalue weighted by Crippen LogP contribution is -2.13. The van der Waals surface area contributed by atoms with E-state index in [-0.39, 0.29) is 24.7 Å². The zero-order valence-corrected chi connectivity index (χ0v) is 32.9. The Morgan fingerprint density at radius 2 is 1.23 bits per heavy atom. The normalized spacial score (nSPS) is 11.5. The molecule has 0 spiro atoms. The minimum atomic E-state index is -4.45. The maximum Gasteiger partial charge on any atom is 0.416 e. The number of fused-ring (bicyclic) bond motifs is 2. The van der Waals surface area contributed by atoms with Crippen LogP contribution in [0, 0.1) is 0 Å². The number of benzene rings is 4. The smallest absolute Gasteiger partial charge is 0.361 e. The predicted octanol–water partition coefficient (Wildman–Crippen LogP) is 11.6. The number of aromatic amines is 1. The molecule has 0 aliphatic rings. The van der Waals surface area contributed by atoms with Gasteiger partial charge in [0.2, 0.25) is 11.8 Å². The van der Waals surface area contributed by atoms with E-state index >= 15 is 0 Å². The summed E-state index contributed by atoms with van der Waals surface area (Å²) in [5, 5.41) is 7.63. The van der Waals surface area contributed by atoms with Gasteiger partial charge in [-0.1, -0.05) is 36.4 Å². The number of anilines is 2. The van der Waals surface area contributed by atoms with Crippen LogP contribution in [0.3, 0.4) is 0 Å². The second kappa shape index (κ2) is 18.9. The first-order valence-electron chi connectivity index (χ1n) is 19.5. The summed E-state index contributed by atoms with van der Waals surface area (Å²) in [5.41, 5.74) is 5.33. The highest BCUT2D eigenvalue weighted by Crippen LogP contribution is 2.35. The standard InChI is InChI=1S/C24H18F3N3O.C24H20F3N3O/c25-24(26,27)19-8-5-16(21(13-19)18-4-1-11-28-15-18)7-10-23(31)30-20-9-6-17-3-2-12-29-22(17)14-20;25-24(26,27)20-5-3-17(19(13-20)12-16-2-1-10-28-15-16)4-8-23(31)30-21-6-7-22-18(14-21)9-11-29-22/h1-6,8-9,11-15H,7,10H2,(H,30,31);1-3,5-7,9-11,13-15,29H,4,8,12H2,(H,30,31). The van der Waals surface area contributed by atoms with Crippen LogP contribution in [-0.2, 0) is 41.2 Å². The van der Waals surface area contributed by atoms with Crippen LogP contribution in [0.1, 0.15) is 46.2 Å². The molecule has 0 radical (unpaired) electrons. The third-order valence-corrected chi connectivity index (χ3v) is 10.0. The molecular formula is C48H38F6N6O2. The van der Waals surface area contributed by atoms with Crippen LogP contribution in [0.5, 0.6) is 0 Å². The van der Waals surface area contributed by atoms with E-state index in [1.165, 1.54) is 24.4 Å². The van der Waals surface area contributed by atoms with E-state index in [1.54, 1.807) is 55.1 Å². The molecule has 8 aromatic rings. The molecule has 2 amide bonds. The minimum absolute atomic E-state index is 0.124.